The maximum Gasteiger partial charge on any atom is 0.191 e. The van der Waals surface area contributed by atoms with Gasteiger partial charge in [0, 0.05) is 49.8 Å². The molecule has 0 unspecified atom stereocenters. The number of hydrogen-bond acceptors (Lipinski definition) is 3. The van der Waals surface area contributed by atoms with Crippen molar-refractivity contribution in [3.8, 4) is 0 Å². The Kier molecular flexibility index (Phi) is 7.39. The minimum Gasteiger partial charge on any atom is -0.383 e. The van der Waals surface area contributed by atoms with E-state index in [1.165, 1.54) is 18.4 Å². The predicted molar refractivity (Wildman–Crippen MR) is 113 cm³/mol. The van der Waals surface area contributed by atoms with E-state index in [1.807, 2.05) is 12.1 Å². The SMILES string of the molecule is CCNC(=NCC1(c2cccc(Cl)c2)CC1)NC1CCN(CCOC)CC1. The number of halogens is 1. The molecule has 2 N–H and O–H groups in total. The summed E-state index contributed by atoms with van der Waals surface area (Å²) in [6.07, 6.45) is 4.67. The zero-order valence-corrected chi connectivity index (χ0v) is 17.4. The molecule has 1 aromatic carbocycles. The van der Waals surface area contributed by atoms with Crippen LogP contribution < -0.4 is 10.6 Å². The van der Waals surface area contributed by atoms with E-state index in [1.54, 1.807) is 7.11 Å². The summed E-state index contributed by atoms with van der Waals surface area (Å²) in [7, 11) is 1.77. The van der Waals surface area contributed by atoms with Gasteiger partial charge in [0.2, 0.25) is 0 Å². The van der Waals surface area contributed by atoms with Gasteiger partial charge in [-0.3, -0.25) is 4.99 Å². The highest BCUT2D eigenvalue weighted by Gasteiger charge is 2.44. The molecule has 0 radical (unpaired) electrons. The Bertz CT molecular complexity index is 624. The quantitative estimate of drug-likeness (QED) is 0.527. The number of likely N-dealkylation sites (tertiary alicyclic amines) is 1. The average Bonchev–Trinajstić information content (AvgIpc) is 3.47. The molecule has 2 fully saturated rings. The minimum atomic E-state index is 0.177. The second-order valence-corrected chi connectivity index (χ2v) is 8.18. The maximum absolute atomic E-state index is 6.19. The highest BCUT2D eigenvalue weighted by atomic mass is 35.5. The molecule has 0 amide bonds. The lowest BCUT2D eigenvalue weighted by molar-refractivity contribution is 0.128. The van der Waals surface area contributed by atoms with Crippen molar-refractivity contribution in [1.82, 2.24) is 15.5 Å². The third-order valence-electron chi connectivity index (χ3n) is 5.71. The summed E-state index contributed by atoms with van der Waals surface area (Å²) in [5, 5.41) is 7.88. The fraction of sp³-hybridized carbons (Fsp3) is 0.667. The summed E-state index contributed by atoms with van der Waals surface area (Å²) in [5.41, 5.74) is 1.50. The first kappa shape index (κ1) is 20.4. The van der Waals surface area contributed by atoms with Crippen molar-refractivity contribution in [3.05, 3.63) is 34.9 Å². The number of rotatable bonds is 8. The van der Waals surface area contributed by atoms with Crippen LogP contribution in [0.5, 0.6) is 0 Å². The number of nitrogens with one attached hydrogen (secondary N) is 2. The number of methoxy groups -OCH3 is 1. The smallest absolute Gasteiger partial charge is 0.191 e. The molecule has 2 aliphatic rings. The fourth-order valence-electron chi connectivity index (χ4n) is 3.77. The third-order valence-corrected chi connectivity index (χ3v) is 5.95. The molecule has 1 heterocycles. The number of nitrogens with zero attached hydrogens (tertiary/aromatic N) is 2. The van der Waals surface area contributed by atoms with E-state index in [4.69, 9.17) is 21.3 Å². The monoisotopic (exact) mass is 392 g/mol. The summed E-state index contributed by atoms with van der Waals surface area (Å²) >= 11 is 6.19. The molecule has 0 atom stereocenters. The standard InChI is InChI=1S/C21H33ClN4O/c1-3-23-20(25-19-7-11-26(12-8-19)13-14-27-2)24-16-21(9-10-21)17-5-4-6-18(22)15-17/h4-6,15,19H,3,7-14,16H2,1-2H3,(H2,23,24,25). The van der Waals surface area contributed by atoms with E-state index in [2.05, 4.69) is 34.6 Å². The van der Waals surface area contributed by atoms with Crippen LogP contribution >= 0.6 is 11.6 Å². The Hall–Kier alpha value is -1.30. The second kappa shape index (κ2) is 9.76. The summed E-state index contributed by atoms with van der Waals surface area (Å²) in [5.74, 6) is 0.946. The second-order valence-electron chi connectivity index (χ2n) is 7.74. The van der Waals surface area contributed by atoms with Crippen molar-refractivity contribution in [1.29, 1.82) is 0 Å². The predicted octanol–water partition coefficient (Wildman–Crippen LogP) is 3.04. The Labute approximate surface area is 168 Å². The number of piperidine rings is 1. The number of aliphatic imine (C=N–C) groups is 1. The lowest BCUT2D eigenvalue weighted by Gasteiger charge is -2.33. The molecular weight excluding hydrogens is 360 g/mol. The topological polar surface area (TPSA) is 48.9 Å². The van der Waals surface area contributed by atoms with Crippen LogP contribution in [0.15, 0.2) is 29.3 Å². The van der Waals surface area contributed by atoms with Gasteiger partial charge in [-0.15, -0.1) is 0 Å². The molecule has 1 aliphatic carbocycles. The van der Waals surface area contributed by atoms with Crippen LogP contribution in [0.2, 0.25) is 5.02 Å². The summed E-state index contributed by atoms with van der Waals surface area (Å²) in [6.45, 7) is 7.89. The molecule has 0 spiro atoms. The lowest BCUT2D eigenvalue weighted by Crippen LogP contribution is -2.49. The largest absolute Gasteiger partial charge is 0.383 e. The Morgan fingerprint density at radius 2 is 2.11 bits per heavy atom. The fourth-order valence-corrected chi connectivity index (χ4v) is 3.96. The van der Waals surface area contributed by atoms with Crippen LogP contribution in [0, 0.1) is 0 Å². The molecule has 1 aliphatic heterocycles. The Balaban J connectivity index is 1.54. The zero-order valence-electron chi connectivity index (χ0n) is 16.6. The van der Waals surface area contributed by atoms with Crippen molar-refractivity contribution in [2.45, 2.75) is 44.1 Å². The van der Waals surface area contributed by atoms with Gasteiger partial charge in [-0.05, 0) is 50.3 Å². The van der Waals surface area contributed by atoms with Crippen LogP contribution in [0.25, 0.3) is 0 Å². The lowest BCUT2D eigenvalue weighted by atomic mass is 9.96. The van der Waals surface area contributed by atoms with Crippen LogP contribution in [0.1, 0.15) is 38.2 Å². The van der Waals surface area contributed by atoms with Crippen molar-refractivity contribution in [2.75, 3.05) is 46.4 Å². The molecule has 0 aromatic heterocycles. The Morgan fingerprint density at radius 3 is 2.74 bits per heavy atom. The average molecular weight is 393 g/mol. The highest BCUT2D eigenvalue weighted by Crippen LogP contribution is 2.48. The van der Waals surface area contributed by atoms with Gasteiger partial charge in [0.1, 0.15) is 0 Å². The molecule has 0 bridgehead atoms. The third kappa shape index (κ3) is 5.84. The van der Waals surface area contributed by atoms with Crippen molar-refractivity contribution in [3.63, 3.8) is 0 Å². The minimum absolute atomic E-state index is 0.177. The molecule has 1 saturated carbocycles. The van der Waals surface area contributed by atoms with Crippen LogP contribution in [0.3, 0.4) is 0 Å². The van der Waals surface area contributed by atoms with Gasteiger partial charge in [-0.2, -0.15) is 0 Å². The first-order valence-corrected chi connectivity index (χ1v) is 10.6. The molecule has 1 saturated heterocycles. The van der Waals surface area contributed by atoms with E-state index >= 15 is 0 Å². The molecule has 5 nitrogen and oxygen atoms in total. The summed E-state index contributed by atoms with van der Waals surface area (Å²) in [4.78, 5) is 7.41. The van der Waals surface area contributed by atoms with Crippen LogP contribution in [-0.2, 0) is 10.2 Å². The first-order valence-electron chi connectivity index (χ1n) is 10.2. The van der Waals surface area contributed by atoms with Gasteiger partial charge >= 0.3 is 0 Å². The van der Waals surface area contributed by atoms with Crippen LogP contribution in [0.4, 0.5) is 0 Å². The highest BCUT2D eigenvalue weighted by molar-refractivity contribution is 6.30. The number of guanidine groups is 1. The summed E-state index contributed by atoms with van der Waals surface area (Å²) < 4.78 is 5.19. The number of ether oxygens (including phenoxy) is 1. The van der Waals surface area contributed by atoms with Crippen molar-refractivity contribution >= 4 is 17.6 Å². The molecule has 150 valence electrons. The van der Waals surface area contributed by atoms with Gasteiger partial charge in [-0.1, -0.05) is 23.7 Å². The molecule has 6 heteroatoms. The normalized spacial score (nSPS) is 20.5. The number of hydrogen-bond donors (Lipinski definition) is 2. The van der Waals surface area contributed by atoms with E-state index in [9.17, 15) is 0 Å². The van der Waals surface area contributed by atoms with Gasteiger partial charge < -0.3 is 20.3 Å². The van der Waals surface area contributed by atoms with Gasteiger partial charge in [0.05, 0.1) is 13.2 Å². The van der Waals surface area contributed by atoms with Crippen molar-refractivity contribution < 1.29 is 4.74 Å². The molecule has 27 heavy (non-hydrogen) atoms. The summed E-state index contributed by atoms with van der Waals surface area (Å²) in [6, 6.07) is 8.75. The molecule has 3 rings (SSSR count). The molecular formula is C21H33ClN4O. The first-order chi connectivity index (χ1) is 13.1. The van der Waals surface area contributed by atoms with Gasteiger partial charge in [-0.25, -0.2) is 0 Å². The Morgan fingerprint density at radius 1 is 1.33 bits per heavy atom. The van der Waals surface area contributed by atoms with Gasteiger partial charge in [0.15, 0.2) is 5.96 Å². The molecule has 1 aromatic rings. The number of benzene rings is 1. The van der Waals surface area contributed by atoms with Crippen molar-refractivity contribution in [2.24, 2.45) is 4.99 Å². The van der Waals surface area contributed by atoms with E-state index in [0.29, 0.717) is 6.04 Å². The van der Waals surface area contributed by atoms with Crippen LogP contribution in [-0.4, -0.2) is 63.3 Å². The van der Waals surface area contributed by atoms with E-state index in [0.717, 1.165) is 63.2 Å². The van der Waals surface area contributed by atoms with E-state index < -0.39 is 0 Å². The van der Waals surface area contributed by atoms with E-state index in [-0.39, 0.29) is 5.41 Å². The van der Waals surface area contributed by atoms with Gasteiger partial charge in [0.25, 0.3) is 0 Å². The zero-order chi connectivity index (χ0) is 19.1. The maximum atomic E-state index is 6.19.